The van der Waals surface area contributed by atoms with Crippen LogP contribution in [0, 0.1) is 5.41 Å². The van der Waals surface area contributed by atoms with E-state index in [0.29, 0.717) is 13.2 Å². The standard InChI is InChI=1S/C28H41N3O7/c1-20(22(33)9-8-21(2)32)7-10-23(34)29-16-14-27(3,4)15-18-38-28(5,6)19-30-24(35)13-17-31-25(36)11-12-26(31)37/h8-9,11-12H,1,7,10,13-19H2,2-6H3,(H,29,34)(H,30,35)/b9-8-. The highest BCUT2D eigenvalue weighted by atomic mass is 16.5. The molecular weight excluding hydrogens is 490 g/mol. The quantitative estimate of drug-likeness (QED) is 0.204. The van der Waals surface area contributed by atoms with Crippen molar-refractivity contribution in [1.29, 1.82) is 0 Å². The van der Waals surface area contributed by atoms with Gasteiger partial charge >= 0.3 is 0 Å². The number of nitrogens with one attached hydrogen (secondary N) is 2. The van der Waals surface area contributed by atoms with Gasteiger partial charge < -0.3 is 15.4 Å². The van der Waals surface area contributed by atoms with E-state index < -0.39 is 17.4 Å². The lowest BCUT2D eigenvalue weighted by atomic mass is 9.86. The number of hydrogen-bond donors (Lipinski definition) is 2. The number of imide groups is 1. The second-order valence-corrected chi connectivity index (χ2v) is 10.7. The zero-order valence-electron chi connectivity index (χ0n) is 23.2. The van der Waals surface area contributed by atoms with E-state index in [4.69, 9.17) is 4.74 Å². The van der Waals surface area contributed by atoms with E-state index in [1.54, 1.807) is 0 Å². The van der Waals surface area contributed by atoms with Crippen LogP contribution in [0.15, 0.2) is 36.5 Å². The molecule has 2 N–H and O–H groups in total. The van der Waals surface area contributed by atoms with Gasteiger partial charge in [0, 0.05) is 51.2 Å². The van der Waals surface area contributed by atoms with Crippen LogP contribution >= 0.6 is 0 Å². The van der Waals surface area contributed by atoms with Crippen molar-refractivity contribution in [3.8, 4) is 0 Å². The van der Waals surface area contributed by atoms with Crippen LogP contribution in [0.1, 0.15) is 66.7 Å². The molecule has 4 amide bonds. The number of ether oxygens (including phenoxy) is 1. The fourth-order valence-corrected chi connectivity index (χ4v) is 3.37. The van der Waals surface area contributed by atoms with Gasteiger partial charge in [-0.3, -0.25) is 33.7 Å². The van der Waals surface area contributed by atoms with E-state index in [-0.39, 0.29) is 66.7 Å². The monoisotopic (exact) mass is 531 g/mol. The Bertz CT molecular complexity index is 974. The Balaban J connectivity index is 2.25. The predicted molar refractivity (Wildman–Crippen MR) is 143 cm³/mol. The molecule has 10 nitrogen and oxygen atoms in total. The van der Waals surface area contributed by atoms with Gasteiger partial charge in [0.25, 0.3) is 11.8 Å². The van der Waals surface area contributed by atoms with E-state index in [1.165, 1.54) is 31.2 Å². The van der Waals surface area contributed by atoms with Crippen LogP contribution in [0.5, 0.6) is 0 Å². The zero-order chi connectivity index (χ0) is 28.9. The molecule has 0 atom stereocenters. The predicted octanol–water partition coefficient (Wildman–Crippen LogP) is 2.19. The third-order valence-electron chi connectivity index (χ3n) is 6.04. The minimum atomic E-state index is -0.611. The molecule has 0 saturated heterocycles. The summed E-state index contributed by atoms with van der Waals surface area (Å²) in [6.45, 7) is 14.2. The molecule has 0 radical (unpaired) electrons. The van der Waals surface area contributed by atoms with Gasteiger partial charge in [-0.2, -0.15) is 0 Å². The molecule has 38 heavy (non-hydrogen) atoms. The Morgan fingerprint density at radius 2 is 1.53 bits per heavy atom. The summed E-state index contributed by atoms with van der Waals surface area (Å²) < 4.78 is 5.98. The summed E-state index contributed by atoms with van der Waals surface area (Å²) in [6, 6.07) is 0. The Morgan fingerprint density at radius 3 is 2.13 bits per heavy atom. The van der Waals surface area contributed by atoms with Gasteiger partial charge in [0.15, 0.2) is 11.6 Å². The summed E-state index contributed by atoms with van der Waals surface area (Å²) in [6.07, 6.45) is 6.58. The number of nitrogens with zero attached hydrogens (tertiary/aromatic N) is 1. The van der Waals surface area contributed by atoms with Crippen molar-refractivity contribution in [3.05, 3.63) is 36.5 Å². The first-order chi connectivity index (χ1) is 17.6. The molecule has 0 aliphatic carbocycles. The maximum absolute atomic E-state index is 12.1. The Morgan fingerprint density at radius 1 is 0.921 bits per heavy atom. The highest BCUT2D eigenvalue weighted by molar-refractivity contribution is 6.13. The molecular formula is C28H41N3O7. The van der Waals surface area contributed by atoms with Gasteiger partial charge in [-0.25, -0.2) is 0 Å². The van der Waals surface area contributed by atoms with Gasteiger partial charge in [0.05, 0.1) is 5.60 Å². The van der Waals surface area contributed by atoms with Crippen molar-refractivity contribution >= 4 is 35.2 Å². The summed E-state index contributed by atoms with van der Waals surface area (Å²) in [5, 5.41) is 5.64. The fraction of sp³-hybridized carbons (Fsp3) is 0.571. The van der Waals surface area contributed by atoms with Crippen molar-refractivity contribution in [3.63, 3.8) is 0 Å². The second-order valence-electron chi connectivity index (χ2n) is 10.7. The minimum Gasteiger partial charge on any atom is -0.374 e. The van der Waals surface area contributed by atoms with Crippen LogP contribution in [0.2, 0.25) is 0 Å². The average molecular weight is 532 g/mol. The van der Waals surface area contributed by atoms with Crippen LogP contribution in [0.3, 0.4) is 0 Å². The maximum atomic E-state index is 12.1. The zero-order valence-corrected chi connectivity index (χ0v) is 23.2. The molecule has 1 rings (SSSR count). The van der Waals surface area contributed by atoms with E-state index in [2.05, 4.69) is 31.1 Å². The van der Waals surface area contributed by atoms with Crippen molar-refractivity contribution < 1.29 is 33.5 Å². The highest BCUT2D eigenvalue weighted by Crippen LogP contribution is 2.25. The Kier molecular flexibility index (Phi) is 13.0. The molecule has 1 heterocycles. The first-order valence-corrected chi connectivity index (χ1v) is 12.7. The third-order valence-corrected chi connectivity index (χ3v) is 6.04. The number of rotatable bonds is 18. The fourth-order valence-electron chi connectivity index (χ4n) is 3.37. The molecule has 0 aromatic rings. The average Bonchev–Trinajstić information content (AvgIpc) is 3.14. The molecule has 1 aliphatic rings. The molecule has 10 heteroatoms. The van der Waals surface area contributed by atoms with Crippen LogP contribution in [-0.2, 0) is 33.5 Å². The second kappa shape index (κ2) is 15.1. The molecule has 1 aliphatic heterocycles. The Labute approximate surface area is 224 Å². The number of allylic oxidation sites excluding steroid dienone is 3. The summed E-state index contributed by atoms with van der Waals surface area (Å²) in [5.41, 5.74) is -0.435. The maximum Gasteiger partial charge on any atom is 0.253 e. The van der Waals surface area contributed by atoms with Crippen molar-refractivity contribution in [1.82, 2.24) is 15.5 Å². The lowest BCUT2D eigenvalue weighted by molar-refractivity contribution is -0.137. The van der Waals surface area contributed by atoms with Gasteiger partial charge in [-0.15, -0.1) is 0 Å². The number of hydrogen-bond acceptors (Lipinski definition) is 7. The van der Waals surface area contributed by atoms with Crippen molar-refractivity contribution in [2.45, 2.75) is 72.3 Å². The molecule has 0 saturated carbocycles. The van der Waals surface area contributed by atoms with Crippen LogP contribution in [-0.4, -0.2) is 71.9 Å². The molecule has 0 unspecified atom stereocenters. The molecule has 0 fully saturated rings. The largest absolute Gasteiger partial charge is 0.374 e. The van der Waals surface area contributed by atoms with Crippen LogP contribution in [0.25, 0.3) is 0 Å². The summed E-state index contributed by atoms with van der Waals surface area (Å²) in [5.74, 6) is -1.85. The van der Waals surface area contributed by atoms with E-state index in [0.717, 1.165) is 17.7 Å². The number of amides is 4. The van der Waals surface area contributed by atoms with Gasteiger partial charge in [0.1, 0.15) is 0 Å². The molecule has 0 bridgehead atoms. The first kappa shape index (κ1) is 32.6. The topological polar surface area (TPSA) is 139 Å². The molecule has 210 valence electrons. The van der Waals surface area contributed by atoms with Crippen LogP contribution < -0.4 is 10.6 Å². The Hall–Kier alpha value is -3.40. The summed E-state index contributed by atoms with van der Waals surface area (Å²) >= 11 is 0. The lowest BCUT2D eigenvalue weighted by Crippen LogP contribution is -2.42. The number of ketones is 2. The van der Waals surface area contributed by atoms with Crippen molar-refractivity contribution in [2.75, 3.05) is 26.2 Å². The highest BCUT2D eigenvalue weighted by Gasteiger charge is 2.25. The van der Waals surface area contributed by atoms with E-state index in [1.807, 2.05) is 13.8 Å². The van der Waals surface area contributed by atoms with Crippen LogP contribution in [0.4, 0.5) is 0 Å². The first-order valence-electron chi connectivity index (χ1n) is 12.7. The number of carbonyl (C=O) groups excluding carboxylic acids is 6. The van der Waals surface area contributed by atoms with E-state index in [9.17, 15) is 28.8 Å². The molecule has 0 aromatic heterocycles. The van der Waals surface area contributed by atoms with Gasteiger partial charge in [0.2, 0.25) is 11.8 Å². The molecule has 0 spiro atoms. The van der Waals surface area contributed by atoms with Crippen molar-refractivity contribution in [2.24, 2.45) is 5.41 Å². The third kappa shape index (κ3) is 13.2. The molecule has 0 aromatic carbocycles. The summed E-state index contributed by atoms with van der Waals surface area (Å²) in [7, 11) is 0. The van der Waals surface area contributed by atoms with E-state index >= 15 is 0 Å². The minimum absolute atomic E-state index is 0.0231. The summed E-state index contributed by atoms with van der Waals surface area (Å²) in [4.78, 5) is 71.1. The smallest absolute Gasteiger partial charge is 0.253 e. The lowest BCUT2D eigenvalue weighted by Gasteiger charge is -2.30. The van der Waals surface area contributed by atoms with Gasteiger partial charge in [-0.1, -0.05) is 20.4 Å². The SMILES string of the molecule is C=C(CCC(=O)NCCC(C)(C)CCOC(C)(C)CNC(=O)CCN1C(=O)C=CC1=O)C(=O)/C=C\C(C)=O. The normalized spacial score (nSPS) is 13.8. The van der Waals surface area contributed by atoms with Gasteiger partial charge in [-0.05, 0) is 63.2 Å². The number of carbonyl (C=O) groups is 6.